The summed E-state index contributed by atoms with van der Waals surface area (Å²) in [6.45, 7) is 0. The van der Waals surface area contributed by atoms with Crippen molar-refractivity contribution in [2.24, 2.45) is 0 Å². The van der Waals surface area contributed by atoms with E-state index in [-0.39, 0.29) is 5.75 Å². The van der Waals surface area contributed by atoms with E-state index >= 15 is 0 Å². The summed E-state index contributed by atoms with van der Waals surface area (Å²) < 4.78 is 0. The highest BCUT2D eigenvalue weighted by atomic mass is 32.1. The fourth-order valence-electron chi connectivity index (χ4n) is 1.79. The van der Waals surface area contributed by atoms with Crippen molar-refractivity contribution in [3.05, 3.63) is 58.4 Å². The molecule has 0 aliphatic heterocycles. The Bertz CT molecular complexity index is 702. The number of phenols is 1. The Morgan fingerprint density at radius 1 is 1.06 bits per heavy atom. The molecule has 0 amide bonds. The highest BCUT2D eigenvalue weighted by Crippen LogP contribution is 2.23. The van der Waals surface area contributed by atoms with Crippen LogP contribution in [0.1, 0.15) is 11.3 Å². The lowest BCUT2D eigenvalue weighted by atomic mass is 10.2. The number of hydrogen-bond donors (Lipinski definition) is 1. The maximum Gasteiger partial charge on any atom is 0.141 e. The smallest absolute Gasteiger partial charge is 0.141 e. The fraction of sp³-hybridized carbons (Fsp3) is 0. The van der Waals surface area contributed by atoms with Crippen LogP contribution in [-0.4, -0.2) is 10.1 Å². The normalized spacial score (nSPS) is 11.3. The van der Waals surface area contributed by atoms with Crippen LogP contribution in [0.15, 0.2) is 47.2 Å². The highest BCUT2D eigenvalue weighted by molar-refractivity contribution is 7.08. The van der Waals surface area contributed by atoms with Crippen LogP contribution in [0.2, 0.25) is 0 Å². The molecule has 3 heteroatoms. The van der Waals surface area contributed by atoms with E-state index in [4.69, 9.17) is 0 Å². The van der Waals surface area contributed by atoms with E-state index in [0.717, 1.165) is 11.1 Å². The number of fused-ring (bicyclic) bond motifs is 1. The van der Waals surface area contributed by atoms with Gasteiger partial charge in [0.25, 0.3) is 0 Å². The summed E-state index contributed by atoms with van der Waals surface area (Å²) in [5.41, 5.74) is 2.65. The molecule has 0 saturated carbocycles. The van der Waals surface area contributed by atoms with Gasteiger partial charge in [-0.3, -0.25) is 0 Å². The second-order valence-corrected chi connectivity index (χ2v) is 4.76. The van der Waals surface area contributed by atoms with Crippen LogP contribution in [0.3, 0.4) is 0 Å². The minimum absolute atomic E-state index is 0.221. The summed E-state index contributed by atoms with van der Waals surface area (Å²) in [6, 6.07) is 11.4. The Hall–Kier alpha value is -2.13. The number of thiophene rings is 1. The molecule has 2 heterocycles. The second kappa shape index (κ2) is 4.63. The van der Waals surface area contributed by atoms with Crippen molar-refractivity contribution in [1.82, 2.24) is 4.98 Å². The summed E-state index contributed by atoms with van der Waals surface area (Å²) >= 11 is 1.67. The number of benzene rings is 1. The van der Waals surface area contributed by atoms with Gasteiger partial charge in [-0.2, -0.15) is 11.3 Å². The van der Waals surface area contributed by atoms with Crippen molar-refractivity contribution >= 4 is 34.4 Å². The summed E-state index contributed by atoms with van der Waals surface area (Å²) in [5.74, 6) is 0.221. The molecule has 2 nitrogen and oxygen atoms in total. The van der Waals surface area contributed by atoms with Crippen LogP contribution < -0.4 is 0 Å². The monoisotopic (exact) mass is 253 g/mol. The standard InChI is InChI=1S/C15H11NOS/c17-14-3-1-2-12-5-7-13(16-15(12)14)6-4-11-8-9-18-10-11/h1-10,17H/b6-4+. The van der Waals surface area contributed by atoms with Gasteiger partial charge in [-0.05, 0) is 40.6 Å². The maximum absolute atomic E-state index is 9.76. The molecule has 2 aromatic heterocycles. The van der Waals surface area contributed by atoms with Gasteiger partial charge in [0.2, 0.25) is 0 Å². The zero-order valence-corrected chi connectivity index (χ0v) is 10.4. The average Bonchev–Trinajstić information content (AvgIpc) is 2.90. The molecule has 0 spiro atoms. The van der Waals surface area contributed by atoms with Gasteiger partial charge in [-0.15, -0.1) is 0 Å². The average molecular weight is 253 g/mol. The Labute approximate surface area is 109 Å². The molecular weight excluding hydrogens is 242 g/mol. The fourth-order valence-corrected chi connectivity index (χ4v) is 2.42. The van der Waals surface area contributed by atoms with Crippen LogP contribution in [0.5, 0.6) is 5.75 Å². The van der Waals surface area contributed by atoms with E-state index in [1.807, 2.05) is 41.8 Å². The third-order valence-corrected chi connectivity index (χ3v) is 3.41. The van der Waals surface area contributed by atoms with Crippen molar-refractivity contribution in [2.45, 2.75) is 0 Å². The van der Waals surface area contributed by atoms with Crippen molar-refractivity contribution in [3.8, 4) is 5.75 Å². The number of aromatic hydroxyl groups is 1. The van der Waals surface area contributed by atoms with E-state index in [2.05, 4.69) is 16.4 Å². The molecule has 0 aliphatic carbocycles. The number of aromatic nitrogens is 1. The summed E-state index contributed by atoms with van der Waals surface area (Å²) in [5, 5.41) is 14.8. The SMILES string of the molecule is Oc1cccc2ccc(/C=C/c3ccsc3)nc12. The van der Waals surface area contributed by atoms with Crippen LogP contribution in [0.25, 0.3) is 23.1 Å². The van der Waals surface area contributed by atoms with Crippen molar-refractivity contribution in [1.29, 1.82) is 0 Å². The van der Waals surface area contributed by atoms with Crippen LogP contribution in [0.4, 0.5) is 0 Å². The summed E-state index contributed by atoms with van der Waals surface area (Å²) in [7, 11) is 0. The number of phenolic OH excluding ortho intramolecular Hbond substituents is 1. The molecule has 0 fully saturated rings. The molecule has 0 bridgehead atoms. The zero-order valence-electron chi connectivity index (χ0n) is 9.58. The first kappa shape index (κ1) is 11.0. The Morgan fingerprint density at radius 3 is 2.83 bits per heavy atom. The van der Waals surface area contributed by atoms with Gasteiger partial charge in [0.15, 0.2) is 0 Å². The third kappa shape index (κ3) is 2.13. The molecule has 3 rings (SSSR count). The molecule has 0 atom stereocenters. The molecule has 88 valence electrons. The van der Waals surface area contributed by atoms with Crippen molar-refractivity contribution < 1.29 is 5.11 Å². The Kier molecular flexibility index (Phi) is 2.82. The van der Waals surface area contributed by atoms with Crippen LogP contribution in [0, 0.1) is 0 Å². The first-order valence-electron chi connectivity index (χ1n) is 5.62. The highest BCUT2D eigenvalue weighted by Gasteiger charge is 2.00. The minimum Gasteiger partial charge on any atom is -0.506 e. The minimum atomic E-state index is 0.221. The summed E-state index contributed by atoms with van der Waals surface area (Å²) in [6.07, 6.45) is 3.97. The number of rotatable bonds is 2. The van der Waals surface area contributed by atoms with Gasteiger partial charge in [0.1, 0.15) is 11.3 Å². The number of para-hydroxylation sites is 1. The first-order valence-corrected chi connectivity index (χ1v) is 6.56. The number of pyridine rings is 1. The predicted molar refractivity (Wildman–Crippen MR) is 76.7 cm³/mol. The van der Waals surface area contributed by atoms with Gasteiger partial charge in [-0.1, -0.05) is 24.3 Å². The molecule has 0 radical (unpaired) electrons. The third-order valence-electron chi connectivity index (χ3n) is 2.71. The van der Waals surface area contributed by atoms with Gasteiger partial charge in [-0.25, -0.2) is 4.98 Å². The second-order valence-electron chi connectivity index (χ2n) is 3.97. The van der Waals surface area contributed by atoms with Gasteiger partial charge in [0.05, 0.1) is 5.69 Å². The topological polar surface area (TPSA) is 33.1 Å². The van der Waals surface area contributed by atoms with E-state index in [1.54, 1.807) is 17.4 Å². The maximum atomic E-state index is 9.76. The van der Waals surface area contributed by atoms with Gasteiger partial charge < -0.3 is 5.11 Å². The predicted octanol–water partition coefficient (Wildman–Crippen LogP) is 4.17. The van der Waals surface area contributed by atoms with Crippen molar-refractivity contribution in [2.75, 3.05) is 0 Å². The Balaban J connectivity index is 2.01. The van der Waals surface area contributed by atoms with E-state index in [0.29, 0.717) is 5.52 Å². The quantitative estimate of drug-likeness (QED) is 0.743. The molecule has 1 N–H and O–H groups in total. The van der Waals surface area contributed by atoms with Crippen molar-refractivity contribution in [3.63, 3.8) is 0 Å². The molecule has 0 unspecified atom stereocenters. The van der Waals surface area contributed by atoms with Crippen LogP contribution in [-0.2, 0) is 0 Å². The molecule has 0 aliphatic rings. The van der Waals surface area contributed by atoms with E-state index < -0.39 is 0 Å². The van der Waals surface area contributed by atoms with E-state index in [9.17, 15) is 5.11 Å². The molecule has 18 heavy (non-hydrogen) atoms. The van der Waals surface area contributed by atoms with Crippen LogP contribution >= 0.6 is 11.3 Å². The zero-order chi connectivity index (χ0) is 12.4. The lowest BCUT2D eigenvalue weighted by Gasteiger charge is -2.00. The molecule has 3 aromatic rings. The molecule has 1 aromatic carbocycles. The number of nitrogens with zero attached hydrogens (tertiary/aromatic N) is 1. The lowest BCUT2D eigenvalue weighted by Crippen LogP contribution is -1.83. The lowest BCUT2D eigenvalue weighted by molar-refractivity contribution is 0.480. The van der Waals surface area contributed by atoms with Gasteiger partial charge in [0, 0.05) is 5.39 Å². The number of hydrogen-bond acceptors (Lipinski definition) is 3. The van der Waals surface area contributed by atoms with Gasteiger partial charge >= 0.3 is 0 Å². The molecular formula is C15H11NOS. The summed E-state index contributed by atoms with van der Waals surface area (Å²) in [4.78, 5) is 4.44. The molecule has 0 saturated heterocycles. The first-order chi connectivity index (χ1) is 8.83. The van der Waals surface area contributed by atoms with E-state index in [1.165, 1.54) is 5.56 Å². The largest absolute Gasteiger partial charge is 0.506 e. The Morgan fingerprint density at radius 2 is 2.00 bits per heavy atom.